The largest absolute Gasteiger partial charge is 0.373 e. The third kappa shape index (κ3) is 6.11. The fourth-order valence-corrected chi connectivity index (χ4v) is 4.01. The van der Waals surface area contributed by atoms with Crippen LogP contribution in [0, 0.1) is 13.8 Å². The molecule has 1 fully saturated rings. The molecule has 1 saturated heterocycles. The van der Waals surface area contributed by atoms with E-state index in [4.69, 9.17) is 9.26 Å². The third-order valence-corrected chi connectivity index (χ3v) is 5.09. The average molecular weight is 356 g/mol. The lowest BCUT2D eigenvalue weighted by Crippen LogP contribution is -2.46. The van der Waals surface area contributed by atoms with Crippen molar-refractivity contribution in [2.45, 2.75) is 52.1 Å². The molecule has 0 radical (unpaired) electrons. The van der Waals surface area contributed by atoms with Gasteiger partial charge in [0.05, 0.1) is 23.7 Å². The van der Waals surface area contributed by atoms with E-state index < -0.39 is 0 Å². The lowest BCUT2D eigenvalue weighted by Gasteiger charge is -2.35. The van der Waals surface area contributed by atoms with Crippen molar-refractivity contribution in [2.75, 3.05) is 31.9 Å². The Morgan fingerprint density at radius 3 is 2.67 bits per heavy atom. The van der Waals surface area contributed by atoms with Crippen LogP contribution in [0.25, 0.3) is 0 Å². The highest BCUT2D eigenvalue weighted by atomic mass is 32.2. The van der Waals surface area contributed by atoms with Crippen LogP contribution in [0.1, 0.15) is 37.3 Å². The number of ether oxygens (including phenoxy) is 1. The Labute approximate surface area is 148 Å². The van der Waals surface area contributed by atoms with Gasteiger partial charge in [-0.05, 0) is 34.1 Å². The number of aromatic nitrogens is 1. The minimum Gasteiger partial charge on any atom is -0.373 e. The highest BCUT2D eigenvalue weighted by Crippen LogP contribution is 2.19. The first-order valence-electron chi connectivity index (χ1n) is 8.59. The van der Waals surface area contributed by atoms with Crippen molar-refractivity contribution in [3.63, 3.8) is 0 Å². The molecule has 2 heterocycles. The van der Waals surface area contributed by atoms with E-state index in [2.05, 4.69) is 29.2 Å². The van der Waals surface area contributed by atoms with Crippen molar-refractivity contribution in [2.24, 2.45) is 0 Å². The highest BCUT2D eigenvalue weighted by Gasteiger charge is 2.21. The van der Waals surface area contributed by atoms with E-state index in [0.29, 0.717) is 18.0 Å². The van der Waals surface area contributed by atoms with Gasteiger partial charge in [0.1, 0.15) is 5.76 Å². The summed E-state index contributed by atoms with van der Waals surface area (Å²) in [6.45, 7) is 11.7. The van der Waals surface area contributed by atoms with E-state index in [1.165, 1.54) is 0 Å². The molecule has 2 unspecified atom stereocenters. The molecule has 0 aromatic carbocycles. The second-order valence-electron chi connectivity index (χ2n) is 6.52. The number of nitrogens with zero attached hydrogens (tertiary/aromatic N) is 2. The number of aryl methyl sites for hydroxylation is 2. The van der Waals surface area contributed by atoms with Crippen LogP contribution >= 0.6 is 11.8 Å². The number of rotatable bonds is 8. The zero-order valence-electron chi connectivity index (χ0n) is 15.1. The summed E-state index contributed by atoms with van der Waals surface area (Å²) in [7, 11) is 0. The molecule has 1 amide bonds. The maximum Gasteiger partial charge on any atom is 0.230 e. The maximum atomic E-state index is 11.9. The third-order valence-electron chi connectivity index (χ3n) is 4.13. The second kappa shape index (κ2) is 9.44. The van der Waals surface area contributed by atoms with E-state index in [1.807, 2.05) is 13.8 Å². The van der Waals surface area contributed by atoms with Crippen molar-refractivity contribution in [3.8, 4) is 0 Å². The molecule has 1 aliphatic heterocycles. The molecule has 24 heavy (non-hydrogen) atoms. The first kappa shape index (κ1) is 19.3. The van der Waals surface area contributed by atoms with E-state index in [0.717, 1.165) is 55.4 Å². The van der Waals surface area contributed by atoms with Crippen LogP contribution in [0.15, 0.2) is 4.52 Å². The Morgan fingerprint density at radius 2 is 2.04 bits per heavy atom. The molecule has 0 spiro atoms. The van der Waals surface area contributed by atoms with Crippen LogP contribution < -0.4 is 5.32 Å². The summed E-state index contributed by atoms with van der Waals surface area (Å²) in [5.41, 5.74) is 2.01. The molecule has 1 aromatic rings. The average Bonchev–Trinajstić information content (AvgIpc) is 2.82. The number of hydrogen-bond donors (Lipinski definition) is 1. The number of carbonyl (C=O) groups excluding carboxylic acids is 1. The molecule has 1 N–H and O–H groups in total. The maximum absolute atomic E-state index is 11.9. The van der Waals surface area contributed by atoms with E-state index >= 15 is 0 Å². The molecule has 0 bridgehead atoms. The molecule has 0 saturated carbocycles. The van der Waals surface area contributed by atoms with Crippen LogP contribution in [0.4, 0.5) is 0 Å². The van der Waals surface area contributed by atoms with Crippen molar-refractivity contribution < 1.29 is 14.1 Å². The summed E-state index contributed by atoms with van der Waals surface area (Å²) in [6.07, 6.45) is 1.56. The minimum atomic E-state index is 0.0930. The van der Waals surface area contributed by atoms with Gasteiger partial charge in [0, 0.05) is 37.5 Å². The number of carbonyl (C=O) groups is 1. The van der Waals surface area contributed by atoms with E-state index in [-0.39, 0.29) is 5.91 Å². The lowest BCUT2D eigenvalue weighted by molar-refractivity contribution is -0.118. The van der Waals surface area contributed by atoms with Crippen molar-refractivity contribution in [1.82, 2.24) is 15.4 Å². The Morgan fingerprint density at radius 1 is 1.33 bits per heavy atom. The van der Waals surface area contributed by atoms with Crippen molar-refractivity contribution in [1.29, 1.82) is 0 Å². The Balaban J connectivity index is 1.55. The van der Waals surface area contributed by atoms with E-state index in [9.17, 15) is 4.79 Å². The monoisotopic (exact) mass is 355 g/mol. The number of morpholine rings is 1. The molecule has 0 aliphatic carbocycles. The predicted octanol–water partition coefficient (Wildman–Crippen LogP) is 2.14. The Kier molecular flexibility index (Phi) is 7.58. The molecule has 2 atom stereocenters. The zero-order valence-corrected chi connectivity index (χ0v) is 15.9. The summed E-state index contributed by atoms with van der Waals surface area (Å²) in [6, 6.07) is 0. The van der Waals surface area contributed by atoms with Crippen LogP contribution in [-0.4, -0.2) is 60.1 Å². The van der Waals surface area contributed by atoms with Crippen LogP contribution in [0.5, 0.6) is 0 Å². The molecule has 1 aliphatic rings. The Bertz CT molecular complexity index is 506. The molecular weight excluding hydrogens is 326 g/mol. The van der Waals surface area contributed by atoms with Gasteiger partial charge in [-0.1, -0.05) is 5.16 Å². The zero-order chi connectivity index (χ0) is 17.5. The van der Waals surface area contributed by atoms with Crippen LogP contribution in [-0.2, 0) is 15.3 Å². The lowest BCUT2D eigenvalue weighted by atomic mass is 10.2. The van der Waals surface area contributed by atoms with Gasteiger partial charge in [0.25, 0.3) is 0 Å². The van der Waals surface area contributed by atoms with Gasteiger partial charge in [-0.25, -0.2) is 0 Å². The smallest absolute Gasteiger partial charge is 0.230 e. The van der Waals surface area contributed by atoms with Crippen molar-refractivity contribution in [3.05, 3.63) is 17.0 Å². The summed E-state index contributed by atoms with van der Waals surface area (Å²) >= 11 is 1.60. The molecular formula is C17H29N3O3S. The predicted molar refractivity (Wildman–Crippen MR) is 96.2 cm³/mol. The van der Waals surface area contributed by atoms with Gasteiger partial charge < -0.3 is 14.6 Å². The van der Waals surface area contributed by atoms with Gasteiger partial charge in [0.2, 0.25) is 5.91 Å². The number of nitrogens with one attached hydrogen (secondary N) is 1. The second-order valence-corrected chi connectivity index (χ2v) is 7.50. The number of thioether (sulfide) groups is 1. The normalized spacial score (nSPS) is 21.8. The topological polar surface area (TPSA) is 67.6 Å². The number of amides is 1. The molecule has 6 nitrogen and oxygen atoms in total. The first-order chi connectivity index (χ1) is 11.5. The highest BCUT2D eigenvalue weighted by molar-refractivity contribution is 7.99. The molecule has 7 heteroatoms. The fraction of sp³-hybridized carbons (Fsp3) is 0.765. The standard InChI is InChI=1S/C17H29N3O3S/c1-12-8-20(9-13(2)22-12)7-5-6-18-17(21)11-24-10-16-14(3)19-23-15(16)4/h12-13H,5-11H2,1-4H3,(H,18,21). The first-order valence-corrected chi connectivity index (χ1v) is 9.75. The summed E-state index contributed by atoms with van der Waals surface area (Å²) in [5, 5.41) is 6.92. The molecule has 2 rings (SSSR count). The van der Waals surface area contributed by atoms with Crippen molar-refractivity contribution >= 4 is 17.7 Å². The van der Waals surface area contributed by atoms with Gasteiger partial charge in [-0.15, -0.1) is 11.8 Å². The van der Waals surface area contributed by atoms with E-state index in [1.54, 1.807) is 11.8 Å². The summed E-state index contributed by atoms with van der Waals surface area (Å²) in [4.78, 5) is 14.3. The molecule has 1 aromatic heterocycles. The summed E-state index contributed by atoms with van der Waals surface area (Å²) in [5.74, 6) is 2.17. The van der Waals surface area contributed by atoms with Gasteiger partial charge in [-0.2, -0.15) is 0 Å². The SMILES string of the molecule is Cc1noc(C)c1CSCC(=O)NCCCN1CC(C)OC(C)C1. The summed E-state index contributed by atoms with van der Waals surface area (Å²) < 4.78 is 10.9. The quantitative estimate of drug-likeness (QED) is 0.721. The van der Waals surface area contributed by atoms with Gasteiger partial charge in [0.15, 0.2) is 0 Å². The van der Waals surface area contributed by atoms with Gasteiger partial charge in [-0.3, -0.25) is 9.69 Å². The van der Waals surface area contributed by atoms with Crippen LogP contribution in [0.2, 0.25) is 0 Å². The fourth-order valence-electron chi connectivity index (χ4n) is 3.00. The molecule has 136 valence electrons. The van der Waals surface area contributed by atoms with Crippen LogP contribution in [0.3, 0.4) is 0 Å². The number of hydrogen-bond acceptors (Lipinski definition) is 6. The Hall–Kier alpha value is -1.05. The minimum absolute atomic E-state index is 0.0930. The van der Waals surface area contributed by atoms with Gasteiger partial charge >= 0.3 is 0 Å².